The van der Waals surface area contributed by atoms with Crippen LogP contribution in [-0.4, -0.2) is 28.6 Å². The molecule has 3 heterocycles. The van der Waals surface area contributed by atoms with Crippen molar-refractivity contribution < 1.29 is 9.47 Å². The van der Waals surface area contributed by atoms with Crippen LogP contribution in [0.15, 0.2) is 41.3 Å². The predicted octanol–water partition coefficient (Wildman–Crippen LogP) is 1.87. The van der Waals surface area contributed by atoms with Gasteiger partial charge in [0.25, 0.3) is 5.56 Å². The number of aromatic nitrogens is 3. The Bertz CT molecular complexity index is 1160. The molecule has 0 fully saturated rings. The van der Waals surface area contributed by atoms with E-state index in [9.17, 15) is 4.79 Å². The molecule has 7 heteroatoms. The van der Waals surface area contributed by atoms with Crippen molar-refractivity contribution in [3.05, 3.63) is 57.0 Å². The van der Waals surface area contributed by atoms with Gasteiger partial charge in [-0.15, -0.1) is 0 Å². The number of methoxy groups -OCH3 is 2. The fourth-order valence-corrected chi connectivity index (χ4v) is 3.55. The minimum atomic E-state index is -0.138. The predicted molar refractivity (Wildman–Crippen MR) is 93.0 cm³/mol. The van der Waals surface area contributed by atoms with Crippen molar-refractivity contribution in [2.75, 3.05) is 14.2 Å². The molecule has 4 rings (SSSR count). The fourth-order valence-electron chi connectivity index (χ4n) is 2.58. The maximum atomic E-state index is 12.8. The lowest BCUT2D eigenvalue weighted by Gasteiger charge is -2.06. The van der Waals surface area contributed by atoms with Crippen molar-refractivity contribution >= 4 is 33.5 Å². The SMILES string of the molecule is COc1ccc(OC)c(/C=c2\sc3nc4cccnc4n3c2=O)c1. The highest BCUT2D eigenvalue weighted by molar-refractivity contribution is 7.15. The number of fused-ring (bicyclic) bond motifs is 3. The van der Waals surface area contributed by atoms with Crippen LogP contribution in [0.2, 0.25) is 0 Å². The third kappa shape index (κ3) is 2.21. The zero-order valence-electron chi connectivity index (χ0n) is 13.0. The highest BCUT2D eigenvalue weighted by atomic mass is 32.1. The Morgan fingerprint density at radius 1 is 1.21 bits per heavy atom. The summed E-state index contributed by atoms with van der Waals surface area (Å²) in [6, 6.07) is 9.10. The molecule has 3 aromatic heterocycles. The van der Waals surface area contributed by atoms with Gasteiger partial charge in [0.2, 0.25) is 0 Å². The normalized spacial score (nSPS) is 12.2. The van der Waals surface area contributed by atoms with Crippen LogP contribution in [0.25, 0.3) is 22.2 Å². The third-order valence-electron chi connectivity index (χ3n) is 3.72. The fraction of sp³-hybridized carbons (Fsp3) is 0.118. The van der Waals surface area contributed by atoms with Gasteiger partial charge in [-0.1, -0.05) is 11.3 Å². The molecule has 120 valence electrons. The Morgan fingerprint density at radius 3 is 2.88 bits per heavy atom. The van der Waals surface area contributed by atoms with E-state index in [1.165, 1.54) is 11.3 Å². The first kappa shape index (κ1) is 14.6. The van der Waals surface area contributed by atoms with Crippen LogP contribution in [0.3, 0.4) is 0 Å². The third-order valence-corrected chi connectivity index (χ3v) is 4.69. The highest BCUT2D eigenvalue weighted by Gasteiger charge is 2.12. The number of hydrogen-bond donors (Lipinski definition) is 0. The van der Waals surface area contributed by atoms with E-state index >= 15 is 0 Å². The monoisotopic (exact) mass is 339 g/mol. The van der Waals surface area contributed by atoms with Crippen LogP contribution in [-0.2, 0) is 0 Å². The summed E-state index contributed by atoms with van der Waals surface area (Å²) in [6.07, 6.45) is 3.44. The Kier molecular flexibility index (Phi) is 3.42. The second-order valence-electron chi connectivity index (χ2n) is 5.10. The van der Waals surface area contributed by atoms with E-state index in [1.807, 2.05) is 24.3 Å². The number of hydrogen-bond acceptors (Lipinski definition) is 6. The Balaban J connectivity index is 1.98. The number of rotatable bonds is 3. The lowest BCUT2D eigenvalue weighted by molar-refractivity contribution is 0.402. The Morgan fingerprint density at radius 2 is 2.08 bits per heavy atom. The van der Waals surface area contributed by atoms with Crippen molar-refractivity contribution in [2.24, 2.45) is 0 Å². The summed E-state index contributed by atoms with van der Waals surface area (Å²) >= 11 is 1.32. The van der Waals surface area contributed by atoms with Gasteiger partial charge in [-0.05, 0) is 36.4 Å². The van der Waals surface area contributed by atoms with Crippen molar-refractivity contribution in [3.8, 4) is 11.5 Å². The zero-order chi connectivity index (χ0) is 16.7. The van der Waals surface area contributed by atoms with Crippen molar-refractivity contribution in [2.45, 2.75) is 0 Å². The first-order chi connectivity index (χ1) is 11.7. The average molecular weight is 339 g/mol. The molecule has 0 saturated carbocycles. The van der Waals surface area contributed by atoms with E-state index in [0.717, 1.165) is 5.56 Å². The molecule has 1 aromatic carbocycles. The molecule has 4 aromatic rings. The molecule has 0 atom stereocenters. The van der Waals surface area contributed by atoms with E-state index < -0.39 is 0 Å². The molecule has 0 aliphatic heterocycles. The highest BCUT2D eigenvalue weighted by Crippen LogP contribution is 2.24. The van der Waals surface area contributed by atoms with Crippen molar-refractivity contribution in [1.29, 1.82) is 0 Å². The number of thiazole rings is 1. The maximum Gasteiger partial charge on any atom is 0.276 e. The topological polar surface area (TPSA) is 65.7 Å². The van der Waals surface area contributed by atoms with Gasteiger partial charge in [-0.2, -0.15) is 0 Å². The number of benzene rings is 1. The van der Waals surface area contributed by atoms with Crippen molar-refractivity contribution in [3.63, 3.8) is 0 Å². The van der Waals surface area contributed by atoms with Crippen LogP contribution in [0.4, 0.5) is 0 Å². The summed E-state index contributed by atoms with van der Waals surface area (Å²) in [5, 5.41) is 0. The number of imidazole rings is 1. The lowest BCUT2D eigenvalue weighted by atomic mass is 10.2. The van der Waals surface area contributed by atoms with Crippen LogP contribution in [0.5, 0.6) is 11.5 Å². The first-order valence-electron chi connectivity index (χ1n) is 7.21. The molecule has 24 heavy (non-hydrogen) atoms. The second-order valence-corrected chi connectivity index (χ2v) is 6.11. The number of ether oxygens (including phenoxy) is 2. The Hall–Kier alpha value is -2.93. The average Bonchev–Trinajstić information content (AvgIpc) is 3.11. The molecule has 0 unspecified atom stereocenters. The summed E-state index contributed by atoms with van der Waals surface area (Å²) in [6.45, 7) is 0. The maximum absolute atomic E-state index is 12.8. The van der Waals surface area contributed by atoms with Gasteiger partial charge in [-0.3, -0.25) is 4.79 Å². The molecule has 0 spiro atoms. The van der Waals surface area contributed by atoms with Crippen LogP contribution in [0, 0.1) is 0 Å². The second kappa shape index (κ2) is 5.61. The van der Waals surface area contributed by atoms with Gasteiger partial charge in [0.15, 0.2) is 10.6 Å². The van der Waals surface area contributed by atoms with Crippen molar-refractivity contribution in [1.82, 2.24) is 14.4 Å². The summed E-state index contributed by atoms with van der Waals surface area (Å²) in [5.41, 5.74) is 1.93. The van der Waals surface area contributed by atoms with Gasteiger partial charge < -0.3 is 9.47 Å². The van der Waals surface area contributed by atoms with E-state index in [0.29, 0.717) is 32.2 Å². The molecular formula is C17H13N3O3S. The molecule has 0 N–H and O–H groups in total. The van der Waals surface area contributed by atoms with Gasteiger partial charge in [-0.25, -0.2) is 14.4 Å². The molecule has 0 aliphatic rings. The van der Waals surface area contributed by atoms with Crippen LogP contribution in [0.1, 0.15) is 5.56 Å². The summed E-state index contributed by atoms with van der Waals surface area (Å²) < 4.78 is 12.7. The Labute approximate surface area is 140 Å². The van der Waals surface area contributed by atoms with Gasteiger partial charge >= 0.3 is 0 Å². The molecule has 6 nitrogen and oxygen atoms in total. The van der Waals surface area contributed by atoms with E-state index in [4.69, 9.17) is 9.47 Å². The standard InChI is InChI=1S/C17H13N3O3S/c1-22-11-5-6-13(23-2)10(8-11)9-14-16(21)20-15-12(4-3-7-18-15)19-17(20)24-14/h3-9H,1-2H3/b14-9-. The minimum Gasteiger partial charge on any atom is -0.497 e. The minimum absolute atomic E-state index is 0.138. The van der Waals surface area contributed by atoms with Crippen LogP contribution < -0.4 is 19.6 Å². The summed E-state index contributed by atoms with van der Waals surface area (Å²) in [5.74, 6) is 1.37. The number of pyridine rings is 1. The lowest BCUT2D eigenvalue weighted by Crippen LogP contribution is -2.23. The molecule has 0 aliphatic carbocycles. The summed E-state index contributed by atoms with van der Waals surface area (Å²) in [7, 11) is 3.19. The molecule has 0 bridgehead atoms. The smallest absolute Gasteiger partial charge is 0.276 e. The van der Waals surface area contributed by atoms with Gasteiger partial charge in [0.05, 0.1) is 18.8 Å². The van der Waals surface area contributed by atoms with E-state index in [1.54, 1.807) is 37.0 Å². The zero-order valence-corrected chi connectivity index (χ0v) is 13.8. The van der Waals surface area contributed by atoms with Gasteiger partial charge in [0, 0.05) is 11.8 Å². The van der Waals surface area contributed by atoms with E-state index in [-0.39, 0.29) is 5.56 Å². The largest absolute Gasteiger partial charge is 0.497 e. The van der Waals surface area contributed by atoms with Gasteiger partial charge in [0.1, 0.15) is 17.0 Å². The summed E-state index contributed by atoms with van der Waals surface area (Å²) in [4.78, 5) is 22.1. The molecule has 0 radical (unpaired) electrons. The quantitative estimate of drug-likeness (QED) is 0.570. The molecular weight excluding hydrogens is 326 g/mol. The first-order valence-corrected chi connectivity index (χ1v) is 8.02. The van der Waals surface area contributed by atoms with E-state index in [2.05, 4.69) is 9.97 Å². The van der Waals surface area contributed by atoms with Crippen LogP contribution >= 0.6 is 11.3 Å². The molecule has 0 saturated heterocycles. The number of nitrogens with zero attached hydrogens (tertiary/aromatic N) is 3. The molecule has 0 amide bonds.